The molecule has 2 aromatic heterocycles. The van der Waals surface area contributed by atoms with Gasteiger partial charge in [0.05, 0.1) is 6.54 Å². The first-order valence-electron chi connectivity index (χ1n) is 9.34. The Kier molecular flexibility index (Phi) is 6.81. The number of amides is 2. The Morgan fingerprint density at radius 3 is 2.63 bits per heavy atom. The Hall–Kier alpha value is -2.41. The maximum absolute atomic E-state index is 12.5. The van der Waals surface area contributed by atoms with Crippen molar-refractivity contribution >= 4 is 29.0 Å². The van der Waals surface area contributed by atoms with E-state index in [4.69, 9.17) is 0 Å². The number of carbonyl (C=O) groups excluding carboxylic acids is 2. The quantitative estimate of drug-likeness (QED) is 0.794. The zero-order chi connectivity index (χ0) is 19.1. The number of carbonyl (C=O) groups is 2. The third-order valence-corrected chi connectivity index (χ3v) is 5.58. The van der Waals surface area contributed by atoms with E-state index < -0.39 is 0 Å². The lowest BCUT2D eigenvalue weighted by molar-refractivity contribution is -0.132. The number of anilines is 1. The fourth-order valence-corrected chi connectivity index (χ4v) is 3.86. The summed E-state index contributed by atoms with van der Waals surface area (Å²) >= 11 is 1.63. The zero-order valence-corrected chi connectivity index (χ0v) is 16.5. The molecule has 0 spiro atoms. The summed E-state index contributed by atoms with van der Waals surface area (Å²) in [4.78, 5) is 34.2. The molecule has 144 valence electrons. The molecule has 1 N–H and O–H groups in total. The second-order valence-corrected chi connectivity index (χ2v) is 7.96. The second-order valence-electron chi connectivity index (χ2n) is 6.93. The van der Waals surface area contributed by atoms with E-state index in [9.17, 15) is 9.59 Å². The molecule has 1 unspecified atom stereocenters. The third kappa shape index (κ3) is 5.79. The molecule has 0 aromatic carbocycles. The van der Waals surface area contributed by atoms with Gasteiger partial charge in [0.25, 0.3) is 0 Å². The van der Waals surface area contributed by atoms with Gasteiger partial charge >= 0.3 is 0 Å². The van der Waals surface area contributed by atoms with E-state index in [1.165, 1.54) is 0 Å². The lowest BCUT2D eigenvalue weighted by Gasteiger charge is -2.35. The van der Waals surface area contributed by atoms with Crippen molar-refractivity contribution in [3.8, 4) is 0 Å². The molecular weight excluding hydrogens is 360 g/mol. The first-order chi connectivity index (χ1) is 13.1. The molecule has 3 rings (SSSR count). The number of pyridine rings is 1. The minimum absolute atomic E-state index is 0.00340. The van der Waals surface area contributed by atoms with Gasteiger partial charge in [-0.25, -0.2) is 4.98 Å². The number of piperazine rings is 1. The minimum atomic E-state index is 0.00340. The van der Waals surface area contributed by atoms with Crippen LogP contribution in [0, 0.1) is 5.92 Å². The van der Waals surface area contributed by atoms with Crippen LogP contribution in [-0.4, -0.2) is 47.9 Å². The first kappa shape index (κ1) is 19.4. The molecule has 1 aliphatic heterocycles. The van der Waals surface area contributed by atoms with E-state index in [0.717, 1.165) is 23.8 Å². The van der Waals surface area contributed by atoms with Crippen LogP contribution in [0.4, 0.5) is 5.82 Å². The van der Waals surface area contributed by atoms with Gasteiger partial charge in [0.15, 0.2) is 0 Å². The average molecular weight is 387 g/mol. The largest absolute Gasteiger partial charge is 0.353 e. The molecule has 0 aliphatic carbocycles. The van der Waals surface area contributed by atoms with Gasteiger partial charge in [0, 0.05) is 50.1 Å². The van der Waals surface area contributed by atoms with E-state index in [0.29, 0.717) is 32.5 Å². The fourth-order valence-electron chi connectivity index (χ4n) is 3.21. The first-order valence-corrected chi connectivity index (χ1v) is 10.2. The van der Waals surface area contributed by atoms with Crippen molar-refractivity contribution in [2.75, 3.05) is 31.1 Å². The smallest absolute Gasteiger partial charge is 0.222 e. The summed E-state index contributed by atoms with van der Waals surface area (Å²) in [6.07, 6.45) is 2.58. The van der Waals surface area contributed by atoms with Gasteiger partial charge in [0.1, 0.15) is 5.82 Å². The predicted octanol–water partition coefficient (Wildman–Crippen LogP) is 2.52. The van der Waals surface area contributed by atoms with Gasteiger partial charge in [0.2, 0.25) is 11.8 Å². The number of thiophene rings is 1. The van der Waals surface area contributed by atoms with Crippen LogP contribution in [0.3, 0.4) is 0 Å². The zero-order valence-electron chi connectivity index (χ0n) is 15.6. The van der Waals surface area contributed by atoms with Gasteiger partial charge in [-0.05, 0) is 29.5 Å². The van der Waals surface area contributed by atoms with Gasteiger partial charge in [-0.3, -0.25) is 9.59 Å². The van der Waals surface area contributed by atoms with Crippen LogP contribution in [0.5, 0.6) is 0 Å². The number of nitrogens with one attached hydrogen (secondary N) is 1. The molecule has 27 heavy (non-hydrogen) atoms. The van der Waals surface area contributed by atoms with Crippen molar-refractivity contribution in [2.45, 2.75) is 26.3 Å². The van der Waals surface area contributed by atoms with E-state index in [1.807, 2.05) is 47.5 Å². The molecule has 1 aliphatic rings. The van der Waals surface area contributed by atoms with Crippen LogP contribution >= 0.6 is 11.3 Å². The minimum Gasteiger partial charge on any atom is -0.353 e. The van der Waals surface area contributed by atoms with Crippen LogP contribution in [-0.2, 0) is 16.1 Å². The second kappa shape index (κ2) is 9.50. The molecule has 1 fully saturated rings. The van der Waals surface area contributed by atoms with Crippen LogP contribution in [0.25, 0.3) is 0 Å². The summed E-state index contributed by atoms with van der Waals surface area (Å²) in [5.41, 5.74) is 0. The van der Waals surface area contributed by atoms with Crippen molar-refractivity contribution in [3.63, 3.8) is 0 Å². The number of nitrogens with zero attached hydrogens (tertiary/aromatic N) is 3. The molecule has 3 heterocycles. The molecular formula is C20H26N4O2S. The maximum Gasteiger partial charge on any atom is 0.222 e. The Labute approximate surface area is 164 Å². The Morgan fingerprint density at radius 1 is 1.15 bits per heavy atom. The summed E-state index contributed by atoms with van der Waals surface area (Å²) < 4.78 is 0. The van der Waals surface area contributed by atoms with E-state index in [-0.39, 0.29) is 17.7 Å². The summed E-state index contributed by atoms with van der Waals surface area (Å²) in [6.45, 7) is 5.51. The highest BCUT2D eigenvalue weighted by molar-refractivity contribution is 7.09. The highest BCUT2D eigenvalue weighted by Crippen LogP contribution is 2.16. The summed E-state index contributed by atoms with van der Waals surface area (Å²) in [6, 6.07) is 9.85. The summed E-state index contributed by atoms with van der Waals surface area (Å²) in [5.74, 6) is 1.13. The molecule has 6 nitrogen and oxygen atoms in total. The number of aromatic nitrogens is 1. The standard InChI is InChI=1S/C20H26N4O2S/c1-16(13-19(25)22-15-17-5-4-12-27-17)14-20(26)24-10-8-23(9-11-24)18-6-2-3-7-21-18/h2-7,12,16H,8-11,13-15H2,1H3,(H,22,25). The fraction of sp³-hybridized carbons (Fsp3) is 0.450. The molecule has 0 radical (unpaired) electrons. The number of hydrogen-bond acceptors (Lipinski definition) is 5. The van der Waals surface area contributed by atoms with Crippen molar-refractivity contribution in [1.29, 1.82) is 0 Å². The number of hydrogen-bond donors (Lipinski definition) is 1. The molecule has 0 bridgehead atoms. The Bertz CT molecular complexity index is 728. The van der Waals surface area contributed by atoms with Crippen molar-refractivity contribution < 1.29 is 9.59 Å². The van der Waals surface area contributed by atoms with Gasteiger partial charge < -0.3 is 15.1 Å². The molecule has 1 saturated heterocycles. The van der Waals surface area contributed by atoms with E-state index >= 15 is 0 Å². The maximum atomic E-state index is 12.5. The van der Waals surface area contributed by atoms with Crippen molar-refractivity contribution in [2.24, 2.45) is 5.92 Å². The molecule has 7 heteroatoms. The van der Waals surface area contributed by atoms with Gasteiger partial charge in [-0.15, -0.1) is 11.3 Å². The highest BCUT2D eigenvalue weighted by Gasteiger charge is 2.23. The van der Waals surface area contributed by atoms with Gasteiger partial charge in [-0.2, -0.15) is 0 Å². The van der Waals surface area contributed by atoms with E-state index in [2.05, 4.69) is 15.2 Å². The third-order valence-electron chi connectivity index (χ3n) is 4.70. The van der Waals surface area contributed by atoms with Crippen molar-refractivity contribution in [3.05, 3.63) is 46.8 Å². The topological polar surface area (TPSA) is 65.5 Å². The molecule has 2 aromatic rings. The van der Waals surface area contributed by atoms with Crippen LogP contribution in [0.15, 0.2) is 41.9 Å². The lowest BCUT2D eigenvalue weighted by Crippen LogP contribution is -2.49. The average Bonchev–Trinajstić information content (AvgIpc) is 3.21. The normalized spacial score (nSPS) is 15.4. The lowest BCUT2D eigenvalue weighted by atomic mass is 10.0. The molecule has 1 atom stereocenters. The van der Waals surface area contributed by atoms with Crippen LogP contribution in [0.2, 0.25) is 0 Å². The Morgan fingerprint density at radius 2 is 1.96 bits per heavy atom. The van der Waals surface area contributed by atoms with Crippen LogP contribution < -0.4 is 10.2 Å². The predicted molar refractivity (Wildman–Crippen MR) is 108 cm³/mol. The Balaban J connectivity index is 1.38. The monoisotopic (exact) mass is 386 g/mol. The summed E-state index contributed by atoms with van der Waals surface area (Å²) in [7, 11) is 0. The summed E-state index contributed by atoms with van der Waals surface area (Å²) in [5, 5.41) is 4.92. The van der Waals surface area contributed by atoms with E-state index in [1.54, 1.807) is 17.5 Å². The molecule has 2 amide bonds. The highest BCUT2D eigenvalue weighted by atomic mass is 32.1. The van der Waals surface area contributed by atoms with Crippen LogP contribution in [0.1, 0.15) is 24.6 Å². The molecule has 0 saturated carbocycles. The number of rotatable bonds is 7. The SMILES string of the molecule is CC(CC(=O)NCc1cccs1)CC(=O)N1CCN(c2ccccn2)CC1. The van der Waals surface area contributed by atoms with Crippen molar-refractivity contribution in [1.82, 2.24) is 15.2 Å². The van der Waals surface area contributed by atoms with Gasteiger partial charge in [-0.1, -0.05) is 19.1 Å².